The number of hydrogen-bond donors (Lipinski definition) is 2. The zero-order chi connectivity index (χ0) is 19.2. The molecule has 3 heterocycles. The van der Waals surface area contributed by atoms with Crippen LogP contribution in [0.4, 0.5) is 24.7 Å². The molecular weight excluding hydrogens is 389 g/mol. The number of benzene rings is 1. The predicted molar refractivity (Wildman–Crippen MR) is 89.4 cm³/mol. The topological polar surface area (TPSA) is 92.1 Å². The monoisotopic (exact) mass is 398 g/mol. The van der Waals surface area contributed by atoms with Crippen LogP contribution in [0.25, 0.3) is 10.9 Å². The summed E-state index contributed by atoms with van der Waals surface area (Å²) in [5.41, 5.74) is -0.401. The molecule has 0 saturated heterocycles. The van der Waals surface area contributed by atoms with Gasteiger partial charge in [-0.3, -0.25) is 0 Å². The molecule has 0 bridgehead atoms. The molecule has 0 saturated carbocycles. The van der Waals surface area contributed by atoms with Crippen LogP contribution in [0.15, 0.2) is 34.6 Å². The van der Waals surface area contributed by atoms with Gasteiger partial charge in [-0.05, 0) is 12.1 Å². The lowest BCUT2D eigenvalue weighted by Gasteiger charge is -2.18. The van der Waals surface area contributed by atoms with Crippen LogP contribution < -0.4 is 9.47 Å². The number of azo groups is 1. The van der Waals surface area contributed by atoms with Gasteiger partial charge in [-0.2, -0.15) is 13.2 Å². The van der Waals surface area contributed by atoms with E-state index in [-0.39, 0.29) is 22.4 Å². The van der Waals surface area contributed by atoms with Gasteiger partial charge in [0.2, 0.25) is 5.88 Å². The van der Waals surface area contributed by atoms with Gasteiger partial charge >= 0.3 is 6.18 Å². The predicted octanol–water partition coefficient (Wildman–Crippen LogP) is 5.13. The number of fused-ring (bicyclic) bond motifs is 2. The van der Waals surface area contributed by atoms with Crippen LogP contribution in [-0.4, -0.2) is 28.3 Å². The average Bonchev–Trinajstić information content (AvgIpc) is 2.92. The summed E-state index contributed by atoms with van der Waals surface area (Å²) in [6, 6.07) is 3.97. The molecule has 1 aliphatic rings. The van der Waals surface area contributed by atoms with Crippen LogP contribution in [0.1, 0.15) is 5.56 Å². The Kier molecular flexibility index (Phi) is 4.06. The molecule has 1 aliphatic heterocycles. The van der Waals surface area contributed by atoms with E-state index in [1.807, 2.05) is 0 Å². The number of aromatic nitrogens is 2. The van der Waals surface area contributed by atoms with Crippen molar-refractivity contribution >= 4 is 34.0 Å². The first-order valence-corrected chi connectivity index (χ1v) is 7.99. The molecule has 2 N–H and O–H groups in total. The van der Waals surface area contributed by atoms with E-state index < -0.39 is 11.7 Å². The number of H-pyrrole nitrogens is 1. The molecule has 140 valence electrons. The highest BCUT2D eigenvalue weighted by Gasteiger charge is 2.31. The van der Waals surface area contributed by atoms with E-state index in [0.29, 0.717) is 47.9 Å². The zero-order valence-corrected chi connectivity index (χ0v) is 14.1. The fourth-order valence-corrected chi connectivity index (χ4v) is 2.76. The second-order valence-electron chi connectivity index (χ2n) is 5.59. The summed E-state index contributed by atoms with van der Waals surface area (Å²) in [5.74, 6) is 0.510. The number of hydrogen-bond acceptors (Lipinski definition) is 6. The normalized spacial score (nSPS) is 14.2. The molecule has 3 aromatic rings. The van der Waals surface area contributed by atoms with Crippen molar-refractivity contribution in [2.45, 2.75) is 6.18 Å². The van der Waals surface area contributed by atoms with E-state index >= 15 is 0 Å². The van der Waals surface area contributed by atoms with Gasteiger partial charge in [-0.15, -0.1) is 10.2 Å². The molecule has 0 unspecified atom stereocenters. The van der Waals surface area contributed by atoms with Crippen LogP contribution in [-0.2, 0) is 6.18 Å². The molecule has 1 aromatic carbocycles. The molecule has 0 spiro atoms. The number of pyridine rings is 1. The third kappa shape index (κ3) is 3.23. The molecule has 7 nitrogen and oxygen atoms in total. The Morgan fingerprint density at radius 3 is 2.48 bits per heavy atom. The Labute approximate surface area is 154 Å². The molecule has 0 amide bonds. The van der Waals surface area contributed by atoms with Gasteiger partial charge < -0.3 is 19.6 Å². The lowest BCUT2D eigenvalue weighted by molar-refractivity contribution is -0.137. The third-order valence-electron chi connectivity index (χ3n) is 3.81. The Morgan fingerprint density at radius 2 is 1.81 bits per heavy atom. The highest BCUT2D eigenvalue weighted by molar-refractivity contribution is 6.32. The third-order valence-corrected chi connectivity index (χ3v) is 4.09. The highest BCUT2D eigenvalue weighted by Crippen LogP contribution is 2.43. The van der Waals surface area contributed by atoms with Gasteiger partial charge in [0.15, 0.2) is 23.0 Å². The minimum Gasteiger partial charge on any atom is -0.493 e. The van der Waals surface area contributed by atoms with Gasteiger partial charge in [0.05, 0.1) is 16.1 Å². The van der Waals surface area contributed by atoms with E-state index in [4.69, 9.17) is 21.1 Å². The molecule has 11 heteroatoms. The lowest BCUT2D eigenvalue weighted by Crippen LogP contribution is -2.15. The van der Waals surface area contributed by atoms with Crippen molar-refractivity contribution < 1.29 is 27.8 Å². The maximum absolute atomic E-state index is 12.7. The van der Waals surface area contributed by atoms with Crippen LogP contribution in [0.5, 0.6) is 17.4 Å². The van der Waals surface area contributed by atoms with Gasteiger partial charge in [0.25, 0.3) is 0 Å². The second kappa shape index (κ2) is 6.31. The maximum atomic E-state index is 12.7. The van der Waals surface area contributed by atoms with Crippen molar-refractivity contribution in [1.82, 2.24) is 9.97 Å². The van der Waals surface area contributed by atoms with Crippen LogP contribution in [0, 0.1) is 0 Å². The van der Waals surface area contributed by atoms with E-state index in [0.717, 1.165) is 0 Å². The Balaban J connectivity index is 1.72. The number of aromatic amines is 1. The van der Waals surface area contributed by atoms with Crippen LogP contribution in [0.2, 0.25) is 5.02 Å². The molecule has 0 radical (unpaired) electrons. The average molecular weight is 399 g/mol. The number of nitrogens with one attached hydrogen (secondary N) is 1. The summed E-state index contributed by atoms with van der Waals surface area (Å²) in [6.45, 7) is 0.798. The standard InChI is InChI=1S/C16H10ClF3N4O3/c17-9-3-7(16(18,19)20)6-21-14(9)24-23-13-8-4-11-12(27-2-1-26-11)5-10(8)22-15(13)25/h3-6,22,25H,1-2H2. The number of rotatable bonds is 2. The van der Waals surface area contributed by atoms with Gasteiger partial charge in [-0.25, -0.2) is 4.98 Å². The van der Waals surface area contributed by atoms with E-state index in [9.17, 15) is 18.3 Å². The Bertz CT molecular complexity index is 1070. The van der Waals surface area contributed by atoms with E-state index in [2.05, 4.69) is 20.2 Å². The molecule has 27 heavy (non-hydrogen) atoms. The highest BCUT2D eigenvalue weighted by atomic mass is 35.5. The van der Waals surface area contributed by atoms with Gasteiger partial charge in [0.1, 0.15) is 13.2 Å². The number of nitrogens with zero attached hydrogens (tertiary/aromatic N) is 3. The number of ether oxygens (including phenoxy) is 2. The first kappa shape index (κ1) is 17.4. The number of alkyl halides is 3. The minimum atomic E-state index is -4.57. The SMILES string of the molecule is Oc1[nH]c2cc3c(cc2c1N=Nc1ncc(C(F)(F)F)cc1Cl)OCCO3. The van der Waals surface area contributed by atoms with E-state index in [1.54, 1.807) is 12.1 Å². The largest absolute Gasteiger partial charge is 0.493 e. The fourth-order valence-electron chi connectivity index (χ4n) is 2.56. The fraction of sp³-hybridized carbons (Fsp3) is 0.188. The van der Waals surface area contributed by atoms with Crippen molar-refractivity contribution in [3.05, 3.63) is 35.0 Å². The summed E-state index contributed by atoms with van der Waals surface area (Å²) >= 11 is 5.81. The summed E-state index contributed by atoms with van der Waals surface area (Å²) in [7, 11) is 0. The van der Waals surface area contributed by atoms with Crippen molar-refractivity contribution in [3.63, 3.8) is 0 Å². The van der Waals surface area contributed by atoms with Crippen LogP contribution in [0.3, 0.4) is 0 Å². The van der Waals surface area contributed by atoms with Gasteiger partial charge in [-0.1, -0.05) is 11.6 Å². The first-order valence-electron chi connectivity index (χ1n) is 7.61. The first-order chi connectivity index (χ1) is 12.8. The van der Waals surface area contributed by atoms with E-state index in [1.165, 1.54) is 0 Å². The smallest absolute Gasteiger partial charge is 0.417 e. The summed E-state index contributed by atoms with van der Waals surface area (Å²) in [5, 5.41) is 17.9. The molecule has 4 rings (SSSR count). The van der Waals surface area contributed by atoms with Crippen LogP contribution >= 0.6 is 11.6 Å². The minimum absolute atomic E-state index is 0.0692. The van der Waals surface area contributed by atoms with Crippen molar-refractivity contribution in [3.8, 4) is 17.4 Å². The Morgan fingerprint density at radius 1 is 1.11 bits per heavy atom. The molecular formula is C16H10ClF3N4O3. The van der Waals surface area contributed by atoms with Gasteiger partial charge in [0, 0.05) is 17.6 Å². The quantitative estimate of drug-likeness (QED) is 0.585. The maximum Gasteiger partial charge on any atom is 0.417 e. The number of aromatic hydroxyl groups is 1. The second-order valence-corrected chi connectivity index (χ2v) is 6.00. The number of halogens is 4. The summed E-state index contributed by atoms with van der Waals surface area (Å²) in [6.07, 6.45) is -3.96. The zero-order valence-electron chi connectivity index (χ0n) is 13.3. The Hall–Kier alpha value is -3.01. The summed E-state index contributed by atoms with van der Waals surface area (Å²) < 4.78 is 48.9. The molecule has 0 fully saturated rings. The summed E-state index contributed by atoms with van der Waals surface area (Å²) in [4.78, 5) is 6.30. The van der Waals surface area contributed by atoms with Crippen molar-refractivity contribution in [1.29, 1.82) is 0 Å². The molecule has 0 aliphatic carbocycles. The molecule has 2 aromatic heterocycles. The lowest BCUT2D eigenvalue weighted by atomic mass is 10.2. The molecule has 0 atom stereocenters. The van der Waals surface area contributed by atoms with Crippen molar-refractivity contribution in [2.75, 3.05) is 13.2 Å². The van der Waals surface area contributed by atoms with Crippen molar-refractivity contribution in [2.24, 2.45) is 10.2 Å².